The van der Waals surface area contributed by atoms with Gasteiger partial charge in [0.15, 0.2) is 0 Å². The Labute approximate surface area is 104 Å². The van der Waals surface area contributed by atoms with Gasteiger partial charge in [-0.25, -0.2) is 0 Å². The number of nitrogens with zero attached hydrogens (tertiary/aromatic N) is 1. The molecule has 4 nitrogen and oxygen atoms in total. The molecule has 1 aliphatic heterocycles. The second-order valence-electron chi connectivity index (χ2n) is 5.51. The first-order chi connectivity index (χ1) is 7.96. The van der Waals surface area contributed by atoms with Gasteiger partial charge >= 0.3 is 0 Å². The highest BCUT2D eigenvalue weighted by Gasteiger charge is 2.28. The van der Waals surface area contributed by atoms with E-state index in [0.717, 1.165) is 32.2 Å². The molecular formula is C13H26N2O2. The summed E-state index contributed by atoms with van der Waals surface area (Å²) in [4.78, 5) is 14.1. The summed E-state index contributed by atoms with van der Waals surface area (Å²) in [6, 6.07) is 0. The van der Waals surface area contributed by atoms with E-state index in [0.29, 0.717) is 19.5 Å². The highest BCUT2D eigenvalue weighted by molar-refractivity contribution is 5.78. The predicted octanol–water partition coefficient (Wildman–Crippen LogP) is 1.12. The molecule has 100 valence electrons. The Bertz CT molecular complexity index is 254. The molecule has 1 fully saturated rings. The van der Waals surface area contributed by atoms with Crippen LogP contribution in [0.4, 0.5) is 0 Å². The number of carbonyl (C=O) groups is 1. The Morgan fingerprint density at radius 2 is 2.18 bits per heavy atom. The number of hydrogen-bond acceptors (Lipinski definition) is 3. The van der Waals surface area contributed by atoms with E-state index in [4.69, 9.17) is 5.73 Å². The Kier molecular flexibility index (Phi) is 5.40. The summed E-state index contributed by atoms with van der Waals surface area (Å²) in [6.07, 6.45) is 4.12. The van der Waals surface area contributed by atoms with Crippen molar-refractivity contribution in [3.05, 3.63) is 0 Å². The van der Waals surface area contributed by atoms with Gasteiger partial charge < -0.3 is 15.7 Å². The quantitative estimate of drug-likeness (QED) is 0.776. The van der Waals surface area contributed by atoms with E-state index in [1.54, 1.807) is 0 Å². The molecule has 0 aromatic heterocycles. The van der Waals surface area contributed by atoms with Crippen LogP contribution in [0, 0.1) is 5.92 Å². The van der Waals surface area contributed by atoms with Gasteiger partial charge in [0, 0.05) is 19.0 Å². The van der Waals surface area contributed by atoms with Crippen LogP contribution in [-0.4, -0.2) is 41.1 Å². The summed E-state index contributed by atoms with van der Waals surface area (Å²) < 4.78 is 0. The summed E-state index contributed by atoms with van der Waals surface area (Å²) >= 11 is 0. The zero-order valence-electron chi connectivity index (χ0n) is 11.1. The Morgan fingerprint density at radius 3 is 2.82 bits per heavy atom. The molecule has 17 heavy (non-hydrogen) atoms. The van der Waals surface area contributed by atoms with Gasteiger partial charge in [-0.15, -0.1) is 0 Å². The summed E-state index contributed by atoms with van der Waals surface area (Å²) in [5.41, 5.74) is 4.86. The number of hydrogen-bond donors (Lipinski definition) is 2. The van der Waals surface area contributed by atoms with Gasteiger partial charge in [-0.2, -0.15) is 0 Å². The van der Waals surface area contributed by atoms with Crippen molar-refractivity contribution in [3.63, 3.8) is 0 Å². The third kappa shape index (κ3) is 4.64. The van der Waals surface area contributed by atoms with E-state index in [2.05, 4.69) is 0 Å². The van der Waals surface area contributed by atoms with Crippen molar-refractivity contribution in [1.82, 2.24) is 4.90 Å². The lowest BCUT2D eigenvalue weighted by molar-refractivity contribution is -0.135. The lowest BCUT2D eigenvalue weighted by atomic mass is 9.98. The van der Waals surface area contributed by atoms with E-state index >= 15 is 0 Å². The molecule has 4 heteroatoms. The van der Waals surface area contributed by atoms with Crippen molar-refractivity contribution >= 4 is 5.91 Å². The number of likely N-dealkylation sites (tertiary alicyclic amines) is 1. The van der Waals surface area contributed by atoms with Gasteiger partial charge in [-0.05, 0) is 45.6 Å². The lowest BCUT2D eigenvalue weighted by Crippen LogP contribution is -2.37. The number of amides is 1. The van der Waals surface area contributed by atoms with Crippen molar-refractivity contribution in [1.29, 1.82) is 0 Å². The van der Waals surface area contributed by atoms with Crippen LogP contribution < -0.4 is 5.73 Å². The van der Waals surface area contributed by atoms with Crippen LogP contribution in [0.5, 0.6) is 0 Å². The first kappa shape index (κ1) is 14.5. The van der Waals surface area contributed by atoms with Crippen LogP contribution in [0.3, 0.4) is 0 Å². The van der Waals surface area contributed by atoms with Crippen molar-refractivity contribution in [3.8, 4) is 0 Å². The van der Waals surface area contributed by atoms with Crippen molar-refractivity contribution in [2.75, 3.05) is 19.6 Å². The SMILES string of the molecule is CC(CCCN)C(=O)N1CCCC(C)(O)CC1. The Balaban J connectivity index is 2.46. The van der Waals surface area contributed by atoms with Crippen LogP contribution in [0.2, 0.25) is 0 Å². The number of nitrogens with two attached hydrogens (primary N) is 1. The molecule has 0 bridgehead atoms. The fourth-order valence-electron chi connectivity index (χ4n) is 2.34. The molecule has 0 aromatic rings. The first-order valence-electron chi connectivity index (χ1n) is 6.67. The van der Waals surface area contributed by atoms with Gasteiger partial charge in [0.2, 0.25) is 5.91 Å². The number of aliphatic hydroxyl groups is 1. The fraction of sp³-hybridized carbons (Fsp3) is 0.923. The molecular weight excluding hydrogens is 216 g/mol. The molecule has 0 radical (unpaired) electrons. The average molecular weight is 242 g/mol. The van der Waals surface area contributed by atoms with Gasteiger partial charge in [0.25, 0.3) is 0 Å². The maximum absolute atomic E-state index is 12.2. The molecule has 1 heterocycles. The maximum Gasteiger partial charge on any atom is 0.225 e. The Morgan fingerprint density at radius 1 is 1.47 bits per heavy atom. The summed E-state index contributed by atoms with van der Waals surface area (Å²) in [5.74, 6) is 0.276. The molecule has 0 saturated carbocycles. The fourth-order valence-corrected chi connectivity index (χ4v) is 2.34. The standard InChI is InChI=1S/C13H26N2O2/c1-11(5-3-8-14)12(16)15-9-4-6-13(2,17)7-10-15/h11,17H,3-10,14H2,1-2H3. The number of rotatable bonds is 4. The van der Waals surface area contributed by atoms with Gasteiger partial charge in [0.05, 0.1) is 5.60 Å². The van der Waals surface area contributed by atoms with Crippen molar-refractivity contribution in [2.45, 2.75) is 51.6 Å². The summed E-state index contributed by atoms with van der Waals surface area (Å²) in [6.45, 7) is 5.94. The normalized spacial score (nSPS) is 27.6. The molecule has 0 spiro atoms. The summed E-state index contributed by atoms with van der Waals surface area (Å²) in [7, 11) is 0. The molecule has 1 amide bonds. The van der Waals surface area contributed by atoms with E-state index in [-0.39, 0.29) is 11.8 Å². The van der Waals surface area contributed by atoms with E-state index in [1.165, 1.54) is 0 Å². The largest absolute Gasteiger partial charge is 0.390 e. The monoisotopic (exact) mass is 242 g/mol. The van der Waals surface area contributed by atoms with Crippen LogP contribution in [-0.2, 0) is 4.79 Å². The van der Waals surface area contributed by atoms with E-state index in [9.17, 15) is 9.90 Å². The minimum atomic E-state index is -0.602. The second kappa shape index (κ2) is 6.36. The topological polar surface area (TPSA) is 66.6 Å². The van der Waals surface area contributed by atoms with Crippen LogP contribution in [0.1, 0.15) is 46.0 Å². The molecule has 2 atom stereocenters. The lowest BCUT2D eigenvalue weighted by Gasteiger charge is -2.25. The summed E-state index contributed by atoms with van der Waals surface area (Å²) in [5, 5.41) is 9.98. The van der Waals surface area contributed by atoms with Crippen LogP contribution in [0.15, 0.2) is 0 Å². The van der Waals surface area contributed by atoms with Crippen molar-refractivity contribution < 1.29 is 9.90 Å². The average Bonchev–Trinajstić information content (AvgIpc) is 2.46. The van der Waals surface area contributed by atoms with Crippen LogP contribution in [0.25, 0.3) is 0 Å². The maximum atomic E-state index is 12.2. The molecule has 1 rings (SSSR count). The zero-order valence-corrected chi connectivity index (χ0v) is 11.1. The molecule has 1 saturated heterocycles. The highest BCUT2D eigenvalue weighted by atomic mass is 16.3. The van der Waals surface area contributed by atoms with Gasteiger partial charge in [0.1, 0.15) is 0 Å². The third-order valence-electron chi connectivity index (χ3n) is 3.64. The first-order valence-corrected chi connectivity index (χ1v) is 6.67. The second-order valence-corrected chi connectivity index (χ2v) is 5.51. The van der Waals surface area contributed by atoms with E-state index < -0.39 is 5.60 Å². The minimum Gasteiger partial charge on any atom is -0.390 e. The van der Waals surface area contributed by atoms with E-state index in [1.807, 2.05) is 18.7 Å². The van der Waals surface area contributed by atoms with Crippen LogP contribution >= 0.6 is 0 Å². The molecule has 1 aliphatic rings. The zero-order chi connectivity index (χ0) is 12.9. The molecule has 0 aliphatic carbocycles. The third-order valence-corrected chi connectivity index (χ3v) is 3.64. The van der Waals surface area contributed by atoms with Gasteiger partial charge in [-0.3, -0.25) is 4.79 Å². The highest BCUT2D eigenvalue weighted by Crippen LogP contribution is 2.22. The van der Waals surface area contributed by atoms with Gasteiger partial charge in [-0.1, -0.05) is 6.92 Å². The predicted molar refractivity (Wildman–Crippen MR) is 68.5 cm³/mol. The minimum absolute atomic E-state index is 0.0570. The smallest absolute Gasteiger partial charge is 0.225 e. The molecule has 2 unspecified atom stereocenters. The Hall–Kier alpha value is -0.610. The number of carbonyl (C=O) groups excluding carboxylic acids is 1. The molecule has 0 aromatic carbocycles. The van der Waals surface area contributed by atoms with Crippen molar-refractivity contribution in [2.24, 2.45) is 11.7 Å². The molecule has 3 N–H and O–H groups in total.